The zero-order valence-electron chi connectivity index (χ0n) is 11.4. The van der Waals surface area contributed by atoms with Crippen LogP contribution in [0.25, 0.3) is 11.4 Å². The summed E-state index contributed by atoms with van der Waals surface area (Å²) in [6.45, 7) is 0. The van der Waals surface area contributed by atoms with Gasteiger partial charge >= 0.3 is 5.56 Å². The lowest BCUT2D eigenvalue weighted by Gasteiger charge is -2.10. The minimum Gasteiger partial charge on any atom is -0.870 e. The molecule has 2 N–H and O–H groups in total. The smallest absolute Gasteiger partial charge is 0.402 e. The molecule has 0 saturated heterocycles. The van der Waals surface area contributed by atoms with Gasteiger partial charge in [0.15, 0.2) is 11.4 Å². The molecule has 4 rings (SSSR count). The second-order valence-electron chi connectivity index (χ2n) is 4.99. The van der Waals surface area contributed by atoms with Crippen LogP contribution >= 0.6 is 0 Å². The number of aromatic nitrogens is 3. The third kappa shape index (κ3) is 1.98. The fourth-order valence-corrected chi connectivity index (χ4v) is 2.79. The van der Waals surface area contributed by atoms with Crippen molar-refractivity contribution in [1.82, 2.24) is 9.90 Å². The highest BCUT2D eigenvalue weighted by Gasteiger charge is 2.28. The fraction of sp³-hybridized carbons (Fsp3) is 0.125. The second-order valence-corrected chi connectivity index (χ2v) is 4.99. The Balaban J connectivity index is 0.00000132. The van der Waals surface area contributed by atoms with E-state index in [1.165, 1.54) is 5.56 Å². The Kier molecular flexibility index (Phi) is 3.19. The van der Waals surface area contributed by atoms with Crippen molar-refractivity contribution in [1.29, 1.82) is 0 Å². The van der Waals surface area contributed by atoms with Crippen molar-refractivity contribution in [2.45, 2.75) is 12.8 Å². The van der Waals surface area contributed by atoms with Crippen molar-refractivity contribution in [2.24, 2.45) is 0 Å². The van der Waals surface area contributed by atoms with E-state index in [2.05, 4.69) is 11.3 Å². The number of H-pyrrole nitrogens is 1. The van der Waals surface area contributed by atoms with Crippen LogP contribution in [0.5, 0.6) is 0 Å². The standard InChI is InChI=1S/C16H13N3O.H2O/c20-16-15-11-10-12-6-4-5-9-14(12)19(15)17-18(16)13-7-2-1-3-8-13;/h1-9H,10-11H2;1H2. The molecular weight excluding hydrogens is 266 g/mol. The van der Waals surface area contributed by atoms with Crippen molar-refractivity contribution in [3.8, 4) is 11.4 Å². The van der Waals surface area contributed by atoms with Crippen molar-refractivity contribution in [2.75, 3.05) is 0 Å². The van der Waals surface area contributed by atoms with Crippen LogP contribution in [-0.2, 0) is 12.8 Å². The van der Waals surface area contributed by atoms with Gasteiger partial charge in [-0.2, -0.15) is 0 Å². The molecular formula is C16H15N3O2. The zero-order valence-corrected chi connectivity index (χ0v) is 11.4. The maximum absolute atomic E-state index is 12.5. The van der Waals surface area contributed by atoms with Crippen LogP contribution in [0.3, 0.4) is 0 Å². The number of hydrogen-bond donors (Lipinski definition) is 1. The maximum Gasteiger partial charge on any atom is 0.402 e. The Labute approximate surface area is 121 Å². The van der Waals surface area contributed by atoms with E-state index in [4.69, 9.17) is 0 Å². The van der Waals surface area contributed by atoms with E-state index >= 15 is 0 Å². The first kappa shape index (κ1) is 13.3. The molecule has 0 radical (unpaired) electrons. The van der Waals surface area contributed by atoms with Gasteiger partial charge in [0, 0.05) is 12.0 Å². The van der Waals surface area contributed by atoms with Crippen molar-refractivity contribution < 1.29 is 10.2 Å². The van der Waals surface area contributed by atoms with Crippen molar-refractivity contribution in [3.63, 3.8) is 0 Å². The number of para-hydroxylation sites is 2. The van der Waals surface area contributed by atoms with Crippen LogP contribution in [0.15, 0.2) is 59.4 Å². The molecule has 2 aromatic carbocycles. The highest BCUT2D eigenvalue weighted by atomic mass is 16.1. The first-order valence-corrected chi connectivity index (χ1v) is 6.74. The summed E-state index contributed by atoms with van der Waals surface area (Å²) in [4.78, 5) is 12.5. The number of aromatic amines is 1. The molecule has 0 bridgehead atoms. The Morgan fingerprint density at radius 1 is 0.952 bits per heavy atom. The molecule has 0 spiro atoms. The Hall–Kier alpha value is -2.66. The Morgan fingerprint density at radius 2 is 1.67 bits per heavy atom. The Morgan fingerprint density at radius 3 is 2.48 bits per heavy atom. The molecule has 1 aromatic heterocycles. The van der Waals surface area contributed by atoms with Crippen molar-refractivity contribution >= 4 is 0 Å². The largest absolute Gasteiger partial charge is 0.870 e. The summed E-state index contributed by atoms with van der Waals surface area (Å²) in [6, 6.07) is 17.9. The molecule has 106 valence electrons. The van der Waals surface area contributed by atoms with Gasteiger partial charge in [0.1, 0.15) is 0 Å². The summed E-state index contributed by atoms with van der Waals surface area (Å²) in [7, 11) is 0. The van der Waals surface area contributed by atoms with Crippen LogP contribution < -0.4 is 10.2 Å². The fourth-order valence-electron chi connectivity index (χ4n) is 2.79. The molecule has 0 unspecified atom stereocenters. The highest BCUT2D eigenvalue weighted by molar-refractivity contribution is 5.36. The molecule has 5 nitrogen and oxygen atoms in total. The molecule has 1 aliphatic heterocycles. The van der Waals surface area contributed by atoms with Gasteiger partial charge in [-0.25, -0.2) is 4.79 Å². The molecule has 0 atom stereocenters. The molecule has 0 saturated carbocycles. The summed E-state index contributed by atoms with van der Waals surface area (Å²) >= 11 is 0. The van der Waals surface area contributed by atoms with E-state index in [0.29, 0.717) is 0 Å². The zero-order chi connectivity index (χ0) is 13.5. The minimum absolute atomic E-state index is 0. The maximum atomic E-state index is 12.5. The van der Waals surface area contributed by atoms with Gasteiger partial charge < -0.3 is 5.48 Å². The van der Waals surface area contributed by atoms with E-state index in [1.54, 1.807) is 4.68 Å². The first-order chi connectivity index (χ1) is 9.84. The summed E-state index contributed by atoms with van der Waals surface area (Å²) < 4.78 is 3.52. The van der Waals surface area contributed by atoms with E-state index in [0.717, 1.165) is 29.9 Å². The number of benzene rings is 2. The summed E-state index contributed by atoms with van der Waals surface area (Å²) in [5.41, 5.74) is 4.04. The lowest BCUT2D eigenvalue weighted by Crippen LogP contribution is -2.42. The quantitative estimate of drug-likeness (QED) is 0.684. The lowest BCUT2D eigenvalue weighted by atomic mass is 10.0. The van der Waals surface area contributed by atoms with Crippen LogP contribution in [0.2, 0.25) is 0 Å². The molecule has 1 aliphatic rings. The molecule has 2 heterocycles. The first-order valence-electron chi connectivity index (χ1n) is 6.74. The van der Waals surface area contributed by atoms with Gasteiger partial charge in [-0.05, 0) is 24.6 Å². The van der Waals surface area contributed by atoms with Gasteiger partial charge in [-0.15, -0.1) is 4.68 Å². The average molecular weight is 281 g/mol. The van der Waals surface area contributed by atoms with Crippen LogP contribution in [0.4, 0.5) is 0 Å². The number of fused-ring (bicyclic) bond motifs is 3. The number of aryl methyl sites for hydroxylation is 1. The van der Waals surface area contributed by atoms with Gasteiger partial charge in [0.25, 0.3) is 0 Å². The summed E-state index contributed by atoms with van der Waals surface area (Å²) in [5.74, 6) is 0. The number of nitrogens with one attached hydrogen (secondary N) is 1. The normalized spacial score (nSPS) is 12.2. The van der Waals surface area contributed by atoms with Crippen molar-refractivity contribution in [3.05, 3.63) is 76.2 Å². The summed E-state index contributed by atoms with van der Waals surface area (Å²) in [5, 5.41) is 3.20. The topological polar surface area (TPSA) is 71.7 Å². The molecule has 3 aromatic rings. The monoisotopic (exact) mass is 281 g/mol. The number of hydrogen-bond acceptors (Lipinski definition) is 2. The third-order valence-electron chi connectivity index (χ3n) is 3.80. The van der Waals surface area contributed by atoms with E-state index in [1.807, 2.05) is 53.2 Å². The van der Waals surface area contributed by atoms with Gasteiger partial charge in [0.2, 0.25) is 5.69 Å². The molecule has 21 heavy (non-hydrogen) atoms. The molecule has 5 heteroatoms. The molecule has 0 amide bonds. The third-order valence-corrected chi connectivity index (χ3v) is 3.80. The number of nitrogens with zero attached hydrogens (tertiary/aromatic N) is 2. The number of rotatable bonds is 1. The summed E-state index contributed by atoms with van der Waals surface area (Å²) in [6.07, 6.45) is 1.68. The minimum atomic E-state index is 0. The van der Waals surface area contributed by atoms with Gasteiger partial charge in [-0.3, -0.25) is 0 Å². The SMILES string of the molecule is O=c1c2[n+]([nH]n1-c1ccccc1)-c1ccccc1CC2.[OH-]. The van der Waals surface area contributed by atoms with Crippen LogP contribution in [0.1, 0.15) is 11.3 Å². The van der Waals surface area contributed by atoms with Gasteiger partial charge in [0.05, 0.1) is 0 Å². The average Bonchev–Trinajstić information content (AvgIpc) is 2.86. The molecule has 0 fully saturated rings. The predicted octanol–water partition coefficient (Wildman–Crippen LogP) is 1.36. The van der Waals surface area contributed by atoms with E-state index < -0.39 is 0 Å². The highest BCUT2D eigenvalue weighted by Crippen LogP contribution is 2.15. The van der Waals surface area contributed by atoms with Gasteiger partial charge in [-0.1, -0.05) is 46.3 Å². The van der Waals surface area contributed by atoms with E-state index in [-0.39, 0.29) is 11.0 Å². The predicted molar refractivity (Wildman–Crippen MR) is 77.3 cm³/mol. The Bertz CT molecular complexity index is 834. The van der Waals surface area contributed by atoms with E-state index in [9.17, 15) is 4.79 Å². The lowest BCUT2D eigenvalue weighted by molar-refractivity contribution is -0.671. The molecule has 0 aliphatic carbocycles. The second kappa shape index (κ2) is 5.03. The van der Waals surface area contributed by atoms with Crippen LogP contribution in [0, 0.1) is 0 Å². The van der Waals surface area contributed by atoms with Crippen LogP contribution in [-0.4, -0.2) is 15.4 Å².